The molecule has 0 spiro atoms. The van der Waals surface area contributed by atoms with Crippen molar-refractivity contribution < 1.29 is 54.7 Å². The van der Waals surface area contributed by atoms with E-state index < -0.39 is 74.6 Å². The van der Waals surface area contributed by atoms with Crippen LogP contribution in [0.25, 0.3) is 0 Å². The Labute approximate surface area is 194 Å². The number of rotatable bonds is 16. The fourth-order valence-corrected chi connectivity index (χ4v) is 4.03. The molecule has 2 fully saturated rings. The van der Waals surface area contributed by atoms with E-state index in [0.29, 0.717) is 6.61 Å². The van der Waals surface area contributed by atoms with Crippen molar-refractivity contribution in [3.8, 4) is 0 Å². The number of ether oxygens (including phenoxy) is 4. The van der Waals surface area contributed by atoms with Crippen molar-refractivity contribution in [3.63, 3.8) is 0 Å². The molecule has 10 atom stereocenters. The second-order valence-corrected chi connectivity index (χ2v) is 8.60. The van der Waals surface area contributed by atoms with Crippen LogP contribution in [-0.2, 0) is 18.9 Å². The number of hydrogen-bond donors (Lipinski definition) is 8. The van der Waals surface area contributed by atoms with Crippen LogP contribution in [0.4, 0.5) is 0 Å². The highest BCUT2D eigenvalue weighted by atomic mass is 16.7. The van der Waals surface area contributed by atoms with E-state index in [0.717, 1.165) is 38.6 Å². The molecular formula is C21H41NO11. The molecule has 12 heteroatoms. The highest BCUT2D eigenvalue weighted by molar-refractivity contribution is 4.94. The molecule has 12 nitrogen and oxygen atoms in total. The van der Waals surface area contributed by atoms with Gasteiger partial charge in [-0.05, 0) is 26.4 Å². The van der Waals surface area contributed by atoms with Gasteiger partial charge in [0.25, 0.3) is 0 Å². The van der Waals surface area contributed by atoms with E-state index in [1.807, 2.05) is 7.05 Å². The maximum absolute atomic E-state index is 10.4. The van der Waals surface area contributed by atoms with Crippen LogP contribution in [0.3, 0.4) is 0 Å². The number of hydrogen-bond acceptors (Lipinski definition) is 12. The largest absolute Gasteiger partial charge is 0.394 e. The Hall–Kier alpha value is -0.480. The summed E-state index contributed by atoms with van der Waals surface area (Å²) in [6.07, 6.45) is -7.34. The fraction of sp³-hybridized carbons (Fsp3) is 1.00. The molecular weight excluding hydrogens is 442 g/mol. The van der Waals surface area contributed by atoms with Crippen molar-refractivity contribution in [1.29, 1.82) is 0 Å². The maximum atomic E-state index is 10.4. The number of unbranched alkanes of at least 4 members (excludes halogenated alkanes) is 5. The Morgan fingerprint density at radius 2 is 1.33 bits per heavy atom. The second kappa shape index (κ2) is 14.8. The summed E-state index contributed by atoms with van der Waals surface area (Å²) < 4.78 is 21.9. The number of aliphatic hydroxyl groups is 7. The molecule has 2 aliphatic heterocycles. The zero-order chi connectivity index (χ0) is 24.4. The van der Waals surface area contributed by atoms with Crippen LogP contribution < -0.4 is 5.32 Å². The van der Waals surface area contributed by atoms with Crippen LogP contribution in [0.5, 0.6) is 0 Å². The van der Waals surface area contributed by atoms with Crippen molar-refractivity contribution in [2.75, 3.05) is 33.4 Å². The molecule has 2 aliphatic rings. The third-order valence-electron chi connectivity index (χ3n) is 6.04. The third kappa shape index (κ3) is 8.02. The lowest BCUT2D eigenvalue weighted by Gasteiger charge is -2.28. The monoisotopic (exact) mass is 483 g/mol. The molecule has 2 saturated heterocycles. The van der Waals surface area contributed by atoms with E-state index in [4.69, 9.17) is 24.1 Å². The Balaban J connectivity index is 1.77. The first-order valence-corrected chi connectivity index (χ1v) is 11.7. The fourth-order valence-electron chi connectivity index (χ4n) is 4.03. The lowest BCUT2D eigenvalue weighted by molar-refractivity contribution is -0.243. The highest BCUT2D eigenvalue weighted by Gasteiger charge is 2.51. The van der Waals surface area contributed by atoms with Crippen molar-refractivity contribution in [2.45, 2.75) is 99.9 Å². The summed E-state index contributed by atoms with van der Waals surface area (Å²) in [5.74, 6) is 0. The van der Waals surface area contributed by atoms with Gasteiger partial charge in [0, 0.05) is 6.61 Å². The minimum Gasteiger partial charge on any atom is -0.394 e. The van der Waals surface area contributed by atoms with Crippen molar-refractivity contribution in [2.24, 2.45) is 0 Å². The molecule has 0 saturated carbocycles. The van der Waals surface area contributed by atoms with Crippen LogP contribution in [0.15, 0.2) is 0 Å². The maximum Gasteiger partial charge on any atom is 0.187 e. The molecule has 196 valence electrons. The summed E-state index contributed by atoms with van der Waals surface area (Å²) in [7, 11) is 1.93. The summed E-state index contributed by atoms with van der Waals surface area (Å²) in [5, 5.41) is 72.3. The smallest absolute Gasteiger partial charge is 0.187 e. The molecule has 0 aromatic carbocycles. The summed E-state index contributed by atoms with van der Waals surface area (Å²) in [5.41, 5.74) is 0. The van der Waals surface area contributed by atoms with Crippen LogP contribution in [-0.4, -0.2) is 131 Å². The molecule has 2 heterocycles. The first-order valence-electron chi connectivity index (χ1n) is 11.7. The highest BCUT2D eigenvalue weighted by Crippen LogP contribution is 2.30. The second-order valence-electron chi connectivity index (χ2n) is 8.60. The van der Waals surface area contributed by atoms with Crippen molar-refractivity contribution in [3.05, 3.63) is 0 Å². The van der Waals surface area contributed by atoms with Crippen molar-refractivity contribution in [1.82, 2.24) is 5.32 Å². The van der Waals surface area contributed by atoms with E-state index >= 15 is 0 Å². The Morgan fingerprint density at radius 3 is 1.97 bits per heavy atom. The quantitative estimate of drug-likeness (QED) is 0.105. The lowest BCUT2D eigenvalue weighted by Crippen LogP contribution is -2.46. The molecule has 0 amide bonds. The number of aliphatic hydroxyl groups excluding tert-OH is 7. The first-order chi connectivity index (χ1) is 15.8. The van der Waals surface area contributed by atoms with E-state index in [1.165, 1.54) is 6.42 Å². The summed E-state index contributed by atoms with van der Waals surface area (Å²) >= 11 is 0. The molecule has 8 N–H and O–H groups in total. The zero-order valence-corrected chi connectivity index (χ0v) is 19.1. The van der Waals surface area contributed by atoms with Gasteiger partial charge in [0.15, 0.2) is 12.6 Å². The van der Waals surface area contributed by atoms with E-state index in [2.05, 4.69) is 5.32 Å². The molecule has 2 unspecified atom stereocenters. The molecule has 0 radical (unpaired) electrons. The average Bonchev–Trinajstić information content (AvgIpc) is 3.26. The van der Waals surface area contributed by atoms with Gasteiger partial charge in [-0.2, -0.15) is 0 Å². The van der Waals surface area contributed by atoms with E-state index in [1.54, 1.807) is 0 Å². The normalized spacial score (nSPS) is 36.4. The van der Waals surface area contributed by atoms with Gasteiger partial charge in [-0.1, -0.05) is 25.7 Å². The van der Waals surface area contributed by atoms with Gasteiger partial charge in [0.05, 0.1) is 13.2 Å². The lowest BCUT2D eigenvalue weighted by atomic mass is 10.1. The molecule has 33 heavy (non-hydrogen) atoms. The van der Waals surface area contributed by atoms with E-state index in [-0.39, 0.29) is 0 Å². The van der Waals surface area contributed by atoms with Crippen LogP contribution in [0.1, 0.15) is 38.5 Å². The van der Waals surface area contributed by atoms with Crippen molar-refractivity contribution >= 4 is 0 Å². The predicted molar refractivity (Wildman–Crippen MR) is 114 cm³/mol. The topological polar surface area (TPSA) is 191 Å². The minimum atomic E-state index is -1.57. The van der Waals surface area contributed by atoms with Crippen LogP contribution in [0, 0.1) is 0 Å². The van der Waals surface area contributed by atoms with Gasteiger partial charge in [-0.15, -0.1) is 0 Å². The predicted octanol–water partition coefficient (Wildman–Crippen LogP) is -2.81. The summed E-state index contributed by atoms with van der Waals surface area (Å²) in [6, 6.07) is 0. The first kappa shape index (κ1) is 28.8. The van der Waals surface area contributed by atoms with Crippen LogP contribution >= 0.6 is 0 Å². The SMILES string of the molecule is CNCCCCCCCCO[C@@H]1O[C@@H]([C@@H](CO)O[C@@H]2O[C@@H]([C@H](O)CO)[C@@H](O)C2O)[C@@H](O)C1O. The summed E-state index contributed by atoms with van der Waals surface area (Å²) in [6.45, 7) is 0.000573. The third-order valence-corrected chi connectivity index (χ3v) is 6.04. The Kier molecular flexibility index (Phi) is 12.9. The molecule has 0 bridgehead atoms. The zero-order valence-electron chi connectivity index (χ0n) is 19.1. The van der Waals surface area contributed by atoms with Gasteiger partial charge in [-0.3, -0.25) is 0 Å². The Bertz CT molecular complexity index is 530. The Morgan fingerprint density at radius 1 is 0.758 bits per heavy atom. The average molecular weight is 484 g/mol. The van der Waals surface area contributed by atoms with Gasteiger partial charge < -0.3 is 60.0 Å². The molecule has 0 aromatic rings. The van der Waals surface area contributed by atoms with Gasteiger partial charge >= 0.3 is 0 Å². The molecule has 0 aliphatic carbocycles. The van der Waals surface area contributed by atoms with Gasteiger partial charge in [-0.25, -0.2) is 0 Å². The standard InChI is InChI=1S/C21H41NO11/c1-22-8-6-4-2-3-5-7-9-30-20-16(28)15(27)19(33-20)13(11-24)31-21-17(29)14(26)18(32-21)12(25)10-23/h12-29H,2-11H2,1H3/t12-,13-,14+,15+,16?,17?,18+,19+,20-,21-/m1/s1. The van der Waals surface area contributed by atoms with Gasteiger partial charge in [0.1, 0.15) is 48.8 Å². The van der Waals surface area contributed by atoms with E-state index in [9.17, 15) is 30.6 Å². The van der Waals surface area contributed by atoms with Crippen LogP contribution in [0.2, 0.25) is 0 Å². The number of nitrogens with one attached hydrogen (secondary N) is 1. The summed E-state index contributed by atoms with van der Waals surface area (Å²) in [4.78, 5) is 0. The molecule has 2 rings (SSSR count). The molecule has 0 aromatic heterocycles. The van der Waals surface area contributed by atoms with Gasteiger partial charge in [0.2, 0.25) is 0 Å². The minimum absolute atomic E-state index is 0.333.